The Balaban J connectivity index is 1.79. The van der Waals surface area contributed by atoms with Gasteiger partial charge in [-0.15, -0.1) is 0 Å². The molecule has 0 bridgehead atoms. The van der Waals surface area contributed by atoms with E-state index >= 15 is 0 Å². The van der Waals surface area contributed by atoms with Crippen molar-refractivity contribution in [3.05, 3.63) is 63.8 Å². The van der Waals surface area contributed by atoms with Crippen molar-refractivity contribution in [2.75, 3.05) is 6.79 Å². The van der Waals surface area contributed by atoms with Gasteiger partial charge in [-0.25, -0.2) is 0 Å². The minimum absolute atomic E-state index is 0.0211. The third-order valence-electron chi connectivity index (χ3n) is 4.25. The van der Waals surface area contributed by atoms with Crippen molar-refractivity contribution in [2.24, 2.45) is 0 Å². The lowest BCUT2D eigenvalue weighted by atomic mass is 9.99. The number of para-hydroxylation sites is 1. The summed E-state index contributed by atoms with van der Waals surface area (Å²) in [5.41, 5.74) is 2.70. The second-order valence-electron chi connectivity index (χ2n) is 5.91. The Morgan fingerprint density at radius 3 is 2.92 bits per heavy atom. The van der Waals surface area contributed by atoms with E-state index < -0.39 is 0 Å². The summed E-state index contributed by atoms with van der Waals surface area (Å²) in [6.07, 6.45) is 1.51. The highest BCUT2D eigenvalue weighted by Crippen LogP contribution is 2.40. The van der Waals surface area contributed by atoms with Crippen LogP contribution in [0.15, 0.2) is 42.0 Å². The molecule has 0 unspecified atom stereocenters. The van der Waals surface area contributed by atoms with Gasteiger partial charge in [0.15, 0.2) is 11.5 Å². The fourth-order valence-electron chi connectivity index (χ4n) is 3.09. The van der Waals surface area contributed by atoms with Crippen molar-refractivity contribution in [1.29, 1.82) is 5.26 Å². The van der Waals surface area contributed by atoms with E-state index in [2.05, 4.69) is 4.98 Å². The first-order valence-electron chi connectivity index (χ1n) is 7.91. The van der Waals surface area contributed by atoms with E-state index in [1.54, 1.807) is 12.1 Å². The molecule has 26 heavy (non-hydrogen) atoms. The number of rotatable bonds is 3. The van der Waals surface area contributed by atoms with Crippen LogP contribution in [0.25, 0.3) is 17.0 Å². The number of aryl methyl sites for hydroxylation is 1. The van der Waals surface area contributed by atoms with E-state index in [9.17, 15) is 10.1 Å². The summed E-state index contributed by atoms with van der Waals surface area (Å²) in [7, 11) is 0. The number of fused-ring (bicyclic) bond motifs is 2. The van der Waals surface area contributed by atoms with Crippen molar-refractivity contribution in [3.63, 3.8) is 0 Å². The molecule has 0 atom stereocenters. The number of allylic oxidation sites excluding steroid dienone is 1. The van der Waals surface area contributed by atoms with Crippen LogP contribution in [0.1, 0.15) is 21.6 Å². The molecule has 1 N–H and O–H groups in total. The molecular formula is C20H13ClN2O3. The Morgan fingerprint density at radius 2 is 2.12 bits per heavy atom. The van der Waals surface area contributed by atoms with Crippen LogP contribution in [0.2, 0.25) is 5.02 Å². The second kappa shape index (κ2) is 6.25. The fourth-order valence-corrected chi connectivity index (χ4v) is 3.36. The first-order chi connectivity index (χ1) is 12.6. The van der Waals surface area contributed by atoms with Gasteiger partial charge in [0.2, 0.25) is 12.6 Å². The molecule has 1 aromatic heterocycles. The molecule has 2 aromatic carbocycles. The van der Waals surface area contributed by atoms with Crippen LogP contribution in [-0.4, -0.2) is 17.6 Å². The molecule has 0 saturated heterocycles. The summed E-state index contributed by atoms with van der Waals surface area (Å²) in [4.78, 5) is 16.2. The third-order valence-corrected chi connectivity index (χ3v) is 4.53. The zero-order valence-electron chi connectivity index (χ0n) is 13.8. The monoisotopic (exact) mass is 364 g/mol. The average Bonchev–Trinajstić information content (AvgIpc) is 3.22. The molecule has 3 aromatic rings. The quantitative estimate of drug-likeness (QED) is 0.417. The van der Waals surface area contributed by atoms with E-state index in [0.29, 0.717) is 27.6 Å². The molecule has 0 radical (unpaired) electrons. The van der Waals surface area contributed by atoms with Crippen LogP contribution in [0.5, 0.6) is 11.5 Å². The molecule has 1 aliphatic rings. The molecule has 0 aliphatic carbocycles. The number of carbonyl (C=O) groups is 1. The lowest BCUT2D eigenvalue weighted by molar-refractivity contribution is 0.104. The number of carbonyl (C=O) groups excluding carboxylic acids is 1. The number of ketones is 1. The highest BCUT2D eigenvalue weighted by molar-refractivity contribution is 6.32. The number of benzene rings is 2. The summed E-state index contributed by atoms with van der Waals surface area (Å²) >= 11 is 6.18. The average molecular weight is 365 g/mol. The topological polar surface area (TPSA) is 75.1 Å². The number of ether oxygens (including phenoxy) is 2. The van der Waals surface area contributed by atoms with E-state index in [4.69, 9.17) is 21.1 Å². The van der Waals surface area contributed by atoms with Crippen molar-refractivity contribution in [3.8, 4) is 17.6 Å². The third kappa shape index (κ3) is 2.61. The SMILES string of the molecule is Cc1[nH]c2ccccc2c1C(=O)/C(C#N)=C\c1cc(Cl)c2c(c1)OCO2. The van der Waals surface area contributed by atoms with Crippen LogP contribution in [-0.2, 0) is 0 Å². The molecule has 128 valence electrons. The molecule has 0 spiro atoms. The minimum atomic E-state index is -0.337. The Labute approximate surface area is 154 Å². The number of Topliss-reactive ketones (excluding diaryl/α,β-unsaturated/α-hetero) is 1. The highest BCUT2D eigenvalue weighted by Gasteiger charge is 2.21. The number of hydrogen-bond acceptors (Lipinski definition) is 4. The van der Waals surface area contributed by atoms with Crippen molar-refractivity contribution >= 4 is 34.4 Å². The number of aromatic nitrogens is 1. The van der Waals surface area contributed by atoms with Gasteiger partial charge in [-0.2, -0.15) is 5.26 Å². The number of H-pyrrole nitrogens is 1. The Hall–Kier alpha value is -3.23. The van der Waals surface area contributed by atoms with Crippen LogP contribution < -0.4 is 9.47 Å². The smallest absolute Gasteiger partial charge is 0.231 e. The summed E-state index contributed by atoms with van der Waals surface area (Å²) in [6, 6.07) is 12.8. The lowest BCUT2D eigenvalue weighted by Gasteiger charge is -2.03. The predicted octanol–water partition coefficient (Wildman–Crippen LogP) is 4.65. The molecule has 0 fully saturated rings. The normalized spacial score (nSPS) is 13.0. The maximum atomic E-state index is 13.0. The van der Waals surface area contributed by atoms with Crippen molar-refractivity contribution < 1.29 is 14.3 Å². The zero-order chi connectivity index (χ0) is 18.3. The van der Waals surface area contributed by atoms with Gasteiger partial charge in [-0.05, 0) is 36.8 Å². The largest absolute Gasteiger partial charge is 0.454 e. The van der Waals surface area contributed by atoms with Crippen LogP contribution >= 0.6 is 11.6 Å². The number of halogens is 1. The zero-order valence-corrected chi connectivity index (χ0v) is 14.6. The molecule has 0 saturated carbocycles. The Kier molecular flexibility index (Phi) is 3.90. The minimum Gasteiger partial charge on any atom is -0.454 e. The Morgan fingerprint density at radius 1 is 1.31 bits per heavy atom. The first kappa shape index (κ1) is 16.2. The standard InChI is InChI=1S/C20H13ClN2O3/c1-11-18(14-4-2-3-5-16(14)23-11)19(24)13(9-22)6-12-7-15(21)20-17(8-12)25-10-26-20/h2-8,23H,10H2,1H3/b13-6-. The number of aromatic amines is 1. The van der Waals surface area contributed by atoms with Crippen molar-refractivity contribution in [1.82, 2.24) is 4.98 Å². The summed E-state index contributed by atoms with van der Waals surface area (Å²) in [5.74, 6) is 0.633. The predicted molar refractivity (Wildman–Crippen MR) is 98.5 cm³/mol. The molecule has 2 heterocycles. The maximum absolute atomic E-state index is 13.0. The van der Waals surface area contributed by atoms with Gasteiger partial charge in [0.05, 0.1) is 10.6 Å². The molecule has 1 aliphatic heterocycles. The molecule has 5 nitrogen and oxygen atoms in total. The van der Waals surface area contributed by atoms with E-state index in [1.807, 2.05) is 37.3 Å². The van der Waals surface area contributed by atoms with E-state index in [0.717, 1.165) is 16.6 Å². The molecular weight excluding hydrogens is 352 g/mol. The Bertz CT molecular complexity index is 1120. The summed E-state index contributed by atoms with van der Waals surface area (Å²) < 4.78 is 10.6. The number of hydrogen-bond donors (Lipinski definition) is 1. The first-order valence-corrected chi connectivity index (χ1v) is 8.29. The van der Waals surface area contributed by atoms with Gasteiger partial charge < -0.3 is 14.5 Å². The maximum Gasteiger partial charge on any atom is 0.231 e. The second-order valence-corrected chi connectivity index (χ2v) is 6.31. The highest BCUT2D eigenvalue weighted by atomic mass is 35.5. The van der Waals surface area contributed by atoms with Gasteiger partial charge in [0.1, 0.15) is 11.6 Å². The number of nitrogens with one attached hydrogen (secondary N) is 1. The van der Waals surface area contributed by atoms with Gasteiger partial charge in [-0.3, -0.25) is 4.79 Å². The summed E-state index contributed by atoms with van der Waals surface area (Å²) in [6.45, 7) is 1.92. The molecule has 4 rings (SSSR count). The molecule has 0 amide bonds. The van der Waals surface area contributed by atoms with E-state index in [1.165, 1.54) is 6.08 Å². The van der Waals surface area contributed by atoms with Crippen molar-refractivity contribution in [2.45, 2.75) is 6.92 Å². The number of nitriles is 1. The van der Waals surface area contributed by atoms with Gasteiger partial charge >= 0.3 is 0 Å². The van der Waals surface area contributed by atoms with Gasteiger partial charge in [0.25, 0.3) is 0 Å². The van der Waals surface area contributed by atoms with Crippen LogP contribution in [0.3, 0.4) is 0 Å². The lowest BCUT2D eigenvalue weighted by Crippen LogP contribution is -2.03. The van der Waals surface area contributed by atoms with Crippen LogP contribution in [0.4, 0.5) is 0 Å². The van der Waals surface area contributed by atoms with Crippen LogP contribution in [0, 0.1) is 18.3 Å². The van der Waals surface area contributed by atoms with Gasteiger partial charge in [0, 0.05) is 16.6 Å². The fraction of sp³-hybridized carbons (Fsp3) is 0.100. The van der Waals surface area contributed by atoms with E-state index in [-0.39, 0.29) is 18.1 Å². The van der Waals surface area contributed by atoms with Gasteiger partial charge in [-0.1, -0.05) is 29.8 Å². The molecule has 6 heteroatoms. The number of nitrogens with zero attached hydrogens (tertiary/aromatic N) is 1. The summed E-state index contributed by atoms with van der Waals surface area (Å²) in [5, 5.41) is 10.7.